The van der Waals surface area contributed by atoms with Gasteiger partial charge in [-0.2, -0.15) is 0 Å². The Hall–Kier alpha value is -1.81. The Morgan fingerprint density at radius 1 is 1.30 bits per heavy atom. The molecule has 0 amide bonds. The first-order valence-corrected chi connectivity index (χ1v) is 7.16. The first-order valence-electron chi connectivity index (χ1n) is 7.16. The molecule has 2 aromatic rings. The molecule has 1 aliphatic carbocycles. The molecule has 0 saturated heterocycles. The van der Waals surface area contributed by atoms with E-state index in [-0.39, 0.29) is 0 Å². The lowest BCUT2D eigenvalue weighted by Crippen LogP contribution is -2.54. The highest BCUT2D eigenvalue weighted by atomic mass is 15.2. The summed E-state index contributed by atoms with van der Waals surface area (Å²) < 4.78 is 0. The van der Waals surface area contributed by atoms with Crippen LogP contribution in [0.15, 0.2) is 30.6 Å². The molecule has 1 aromatic heterocycles. The number of benzene rings is 1. The maximum absolute atomic E-state index is 6.28. The molecule has 0 unspecified atom stereocenters. The third-order valence-corrected chi connectivity index (χ3v) is 4.70. The molecule has 0 spiro atoms. The van der Waals surface area contributed by atoms with Gasteiger partial charge in [-0.25, -0.2) is 0 Å². The van der Waals surface area contributed by atoms with Crippen molar-refractivity contribution in [3.05, 3.63) is 30.6 Å². The molecule has 1 saturated carbocycles. The minimum absolute atomic E-state index is 0.291. The second-order valence-electron chi connectivity index (χ2n) is 5.95. The smallest absolute Gasteiger partial charge is 0.0630 e. The number of anilines is 2. The molecule has 1 aliphatic rings. The van der Waals surface area contributed by atoms with Crippen molar-refractivity contribution < 1.29 is 0 Å². The first-order chi connectivity index (χ1) is 9.62. The Morgan fingerprint density at radius 2 is 2.10 bits per heavy atom. The summed E-state index contributed by atoms with van der Waals surface area (Å²) in [5, 5.41) is 5.69. The fraction of sp³-hybridized carbons (Fsp3) is 0.438. The van der Waals surface area contributed by atoms with Crippen LogP contribution < -0.4 is 11.1 Å². The van der Waals surface area contributed by atoms with Crippen molar-refractivity contribution in [1.29, 1.82) is 0 Å². The van der Waals surface area contributed by atoms with Crippen molar-refractivity contribution >= 4 is 22.1 Å². The summed E-state index contributed by atoms with van der Waals surface area (Å²) in [7, 11) is 4.33. The molecule has 0 radical (unpaired) electrons. The molecule has 1 fully saturated rings. The predicted molar refractivity (Wildman–Crippen MR) is 84.9 cm³/mol. The molecule has 3 N–H and O–H groups in total. The fourth-order valence-corrected chi connectivity index (χ4v) is 2.97. The lowest BCUT2D eigenvalue weighted by Gasteiger charge is -2.47. The third kappa shape index (κ3) is 2.10. The van der Waals surface area contributed by atoms with E-state index in [0.29, 0.717) is 5.54 Å². The maximum Gasteiger partial charge on any atom is 0.0630 e. The van der Waals surface area contributed by atoms with Gasteiger partial charge >= 0.3 is 0 Å². The topological polar surface area (TPSA) is 54.2 Å². The molecule has 0 atom stereocenters. The summed E-state index contributed by atoms with van der Waals surface area (Å²) in [5.74, 6) is 0. The number of fused-ring (bicyclic) bond motifs is 1. The van der Waals surface area contributed by atoms with Crippen LogP contribution in [0.3, 0.4) is 0 Å². The second-order valence-corrected chi connectivity index (χ2v) is 5.95. The Morgan fingerprint density at radius 3 is 2.75 bits per heavy atom. The number of aromatic nitrogens is 1. The van der Waals surface area contributed by atoms with Gasteiger partial charge in [-0.05, 0) is 45.5 Å². The zero-order valence-electron chi connectivity index (χ0n) is 12.2. The predicted octanol–water partition coefficient (Wildman–Crippen LogP) is 2.71. The number of likely N-dealkylation sites (N-methyl/N-ethyl adjacent to an activating group) is 1. The number of nitrogens with one attached hydrogen (secondary N) is 1. The van der Waals surface area contributed by atoms with Crippen LogP contribution in [-0.2, 0) is 0 Å². The van der Waals surface area contributed by atoms with Crippen molar-refractivity contribution in [2.75, 3.05) is 31.7 Å². The van der Waals surface area contributed by atoms with Gasteiger partial charge in [0, 0.05) is 35.2 Å². The van der Waals surface area contributed by atoms with Gasteiger partial charge in [0.25, 0.3) is 0 Å². The molecule has 1 heterocycles. The number of pyridine rings is 1. The summed E-state index contributed by atoms with van der Waals surface area (Å²) >= 11 is 0. The van der Waals surface area contributed by atoms with Gasteiger partial charge in [0.1, 0.15) is 0 Å². The molecule has 3 rings (SSSR count). The molecular formula is C16H22N4. The van der Waals surface area contributed by atoms with Crippen LogP contribution in [0, 0.1) is 0 Å². The number of nitrogens with two attached hydrogens (primary N) is 1. The molecule has 20 heavy (non-hydrogen) atoms. The second kappa shape index (κ2) is 4.94. The lowest BCUT2D eigenvalue weighted by molar-refractivity contribution is 0.0739. The Balaban J connectivity index is 1.83. The van der Waals surface area contributed by atoms with E-state index >= 15 is 0 Å². The highest BCUT2D eigenvalue weighted by molar-refractivity contribution is 5.98. The lowest BCUT2D eigenvalue weighted by atomic mass is 9.75. The van der Waals surface area contributed by atoms with E-state index in [2.05, 4.69) is 41.4 Å². The van der Waals surface area contributed by atoms with Crippen molar-refractivity contribution in [3.63, 3.8) is 0 Å². The van der Waals surface area contributed by atoms with E-state index in [9.17, 15) is 0 Å². The summed E-state index contributed by atoms with van der Waals surface area (Å²) in [5.41, 5.74) is 8.41. The molecule has 0 bridgehead atoms. The third-order valence-electron chi connectivity index (χ3n) is 4.70. The van der Waals surface area contributed by atoms with Crippen LogP contribution in [0.1, 0.15) is 19.3 Å². The van der Waals surface area contributed by atoms with Gasteiger partial charge < -0.3 is 16.0 Å². The van der Waals surface area contributed by atoms with Crippen molar-refractivity contribution in [2.45, 2.75) is 24.8 Å². The number of rotatable bonds is 4. The van der Waals surface area contributed by atoms with E-state index in [1.165, 1.54) is 19.3 Å². The molecule has 4 nitrogen and oxygen atoms in total. The van der Waals surface area contributed by atoms with Gasteiger partial charge in [0.05, 0.1) is 11.4 Å². The van der Waals surface area contributed by atoms with Crippen LogP contribution in [0.4, 0.5) is 11.4 Å². The number of nitrogens with zero attached hydrogens (tertiary/aromatic N) is 2. The largest absolute Gasteiger partial charge is 0.397 e. The van der Waals surface area contributed by atoms with E-state index in [0.717, 1.165) is 28.7 Å². The fourth-order valence-electron chi connectivity index (χ4n) is 2.97. The first kappa shape index (κ1) is 13.2. The van der Waals surface area contributed by atoms with Gasteiger partial charge in [-0.1, -0.05) is 6.07 Å². The van der Waals surface area contributed by atoms with Gasteiger partial charge in [-0.15, -0.1) is 0 Å². The van der Waals surface area contributed by atoms with Gasteiger partial charge in [0.15, 0.2) is 0 Å². The standard InChI is InChI=1S/C16H22N4/c1-20(2)16(7-3-8-16)11-19-14-5-4-12-10-18-9-6-13(12)15(14)17/h4-6,9-10,19H,3,7-8,11,17H2,1-2H3. The number of hydrogen-bond donors (Lipinski definition) is 2. The maximum atomic E-state index is 6.28. The van der Waals surface area contributed by atoms with Gasteiger partial charge in [-0.3, -0.25) is 4.98 Å². The molecular weight excluding hydrogens is 248 g/mol. The van der Waals surface area contributed by atoms with E-state index in [4.69, 9.17) is 5.73 Å². The minimum Gasteiger partial charge on any atom is -0.397 e. The minimum atomic E-state index is 0.291. The highest BCUT2D eigenvalue weighted by Gasteiger charge is 2.38. The van der Waals surface area contributed by atoms with Crippen molar-refractivity contribution in [1.82, 2.24) is 9.88 Å². The number of hydrogen-bond acceptors (Lipinski definition) is 4. The van der Waals surface area contributed by atoms with Crippen LogP contribution in [0.2, 0.25) is 0 Å². The Kier molecular flexibility index (Phi) is 3.26. The average Bonchev–Trinajstić information content (AvgIpc) is 2.40. The van der Waals surface area contributed by atoms with Crippen molar-refractivity contribution in [3.8, 4) is 0 Å². The summed E-state index contributed by atoms with van der Waals surface area (Å²) in [6, 6.07) is 6.10. The average molecular weight is 270 g/mol. The van der Waals surface area contributed by atoms with E-state index < -0.39 is 0 Å². The van der Waals surface area contributed by atoms with E-state index in [1.807, 2.05) is 12.3 Å². The zero-order chi connectivity index (χ0) is 14.2. The van der Waals surface area contributed by atoms with Gasteiger partial charge in [0.2, 0.25) is 0 Å². The van der Waals surface area contributed by atoms with E-state index in [1.54, 1.807) is 6.20 Å². The molecule has 1 aromatic carbocycles. The number of nitrogen functional groups attached to an aromatic ring is 1. The van der Waals surface area contributed by atoms with Crippen LogP contribution in [-0.4, -0.2) is 36.1 Å². The van der Waals surface area contributed by atoms with Crippen LogP contribution in [0.25, 0.3) is 10.8 Å². The monoisotopic (exact) mass is 270 g/mol. The van der Waals surface area contributed by atoms with Crippen LogP contribution in [0.5, 0.6) is 0 Å². The zero-order valence-corrected chi connectivity index (χ0v) is 12.2. The summed E-state index contributed by atoms with van der Waals surface area (Å²) in [6.45, 7) is 0.945. The molecule has 0 aliphatic heterocycles. The summed E-state index contributed by atoms with van der Waals surface area (Å²) in [4.78, 5) is 6.47. The summed E-state index contributed by atoms with van der Waals surface area (Å²) in [6.07, 6.45) is 7.46. The molecule has 4 heteroatoms. The highest BCUT2D eigenvalue weighted by Crippen LogP contribution is 2.37. The Labute approximate surface area is 120 Å². The quantitative estimate of drug-likeness (QED) is 0.839. The van der Waals surface area contributed by atoms with Crippen LogP contribution >= 0.6 is 0 Å². The van der Waals surface area contributed by atoms with Crippen molar-refractivity contribution in [2.24, 2.45) is 0 Å². The normalized spacial score (nSPS) is 17.1. The SMILES string of the molecule is CN(C)C1(CNc2ccc3cnccc3c2N)CCC1. The Bertz CT molecular complexity index is 617. The molecule has 106 valence electrons.